The second-order valence-corrected chi connectivity index (χ2v) is 2.83. The van der Waals surface area contributed by atoms with Crippen molar-refractivity contribution >= 4 is 32.3 Å². The number of thiazole rings is 1. The van der Waals surface area contributed by atoms with Gasteiger partial charge in [-0.3, -0.25) is 0 Å². The number of nitrogens with zero attached hydrogens (tertiary/aromatic N) is 1. The molecule has 0 radical (unpaired) electrons. The highest BCUT2D eigenvalue weighted by Crippen LogP contribution is 2.23. The lowest BCUT2D eigenvalue weighted by Gasteiger charge is -1.89. The van der Waals surface area contributed by atoms with Gasteiger partial charge in [0.05, 0.1) is 5.51 Å². The van der Waals surface area contributed by atoms with Gasteiger partial charge in [0.2, 0.25) is 0 Å². The van der Waals surface area contributed by atoms with E-state index in [0.29, 0.717) is 0 Å². The predicted molar refractivity (Wildman–Crippen MR) is 39.4 cm³/mol. The minimum absolute atomic E-state index is 0.894. The molecular weight excluding hydrogens is 188 g/mol. The second-order valence-electron chi connectivity index (χ2n) is 1.22. The van der Waals surface area contributed by atoms with Crippen LogP contribution in [0.15, 0.2) is 10.1 Å². The molecule has 0 aliphatic heterocycles. The summed E-state index contributed by atoms with van der Waals surface area (Å²) in [4.78, 5) is 3.96. The zero-order valence-corrected chi connectivity index (χ0v) is 6.71. The fourth-order valence-corrected chi connectivity index (χ4v) is 1.64. The first-order valence-corrected chi connectivity index (χ1v) is 3.78. The van der Waals surface area contributed by atoms with Gasteiger partial charge in [0, 0.05) is 7.05 Å². The van der Waals surface area contributed by atoms with Gasteiger partial charge in [-0.15, -0.1) is 11.3 Å². The highest BCUT2D eigenvalue weighted by atomic mass is 79.9. The van der Waals surface area contributed by atoms with Gasteiger partial charge in [0.15, 0.2) is 0 Å². The molecule has 0 spiro atoms. The zero-order chi connectivity index (χ0) is 5.98. The molecule has 0 atom stereocenters. The number of rotatable bonds is 1. The summed E-state index contributed by atoms with van der Waals surface area (Å²) in [5.74, 6) is 0. The average Bonchev–Trinajstić information content (AvgIpc) is 2.14. The molecule has 1 N–H and O–H groups in total. The first-order chi connectivity index (χ1) is 3.84. The molecule has 44 valence electrons. The van der Waals surface area contributed by atoms with E-state index in [1.54, 1.807) is 16.8 Å². The van der Waals surface area contributed by atoms with Crippen molar-refractivity contribution < 1.29 is 0 Å². The van der Waals surface area contributed by atoms with E-state index in [1.165, 1.54) is 0 Å². The Balaban J connectivity index is 2.92. The van der Waals surface area contributed by atoms with Crippen LogP contribution in [0.3, 0.4) is 0 Å². The first kappa shape index (κ1) is 6.04. The monoisotopic (exact) mass is 192 g/mol. The third-order valence-corrected chi connectivity index (χ3v) is 2.46. The van der Waals surface area contributed by atoms with Crippen molar-refractivity contribution in [3.05, 3.63) is 10.1 Å². The Kier molecular flexibility index (Phi) is 1.85. The van der Waals surface area contributed by atoms with E-state index in [4.69, 9.17) is 0 Å². The van der Waals surface area contributed by atoms with Gasteiger partial charge in [0.25, 0.3) is 0 Å². The maximum absolute atomic E-state index is 3.96. The van der Waals surface area contributed by atoms with Crippen molar-refractivity contribution in [2.24, 2.45) is 0 Å². The van der Waals surface area contributed by atoms with Crippen molar-refractivity contribution in [3.8, 4) is 0 Å². The van der Waals surface area contributed by atoms with Gasteiger partial charge >= 0.3 is 0 Å². The van der Waals surface area contributed by atoms with E-state index in [9.17, 15) is 0 Å². The van der Waals surface area contributed by atoms with Crippen LogP contribution in [-0.4, -0.2) is 12.0 Å². The minimum Gasteiger partial charge on any atom is -0.378 e. The molecule has 8 heavy (non-hydrogen) atoms. The Bertz CT molecular complexity index is 174. The van der Waals surface area contributed by atoms with Crippen LogP contribution in [0.25, 0.3) is 0 Å². The van der Waals surface area contributed by atoms with Crippen LogP contribution in [0, 0.1) is 0 Å². The van der Waals surface area contributed by atoms with Crippen molar-refractivity contribution in [3.63, 3.8) is 0 Å². The van der Waals surface area contributed by atoms with E-state index in [1.807, 2.05) is 7.05 Å². The smallest absolute Gasteiger partial charge is 0.140 e. The van der Waals surface area contributed by atoms with Gasteiger partial charge in [-0.25, -0.2) is 4.98 Å². The fourth-order valence-electron chi connectivity index (χ4n) is 0.395. The van der Waals surface area contributed by atoms with Gasteiger partial charge in [0.1, 0.15) is 9.60 Å². The maximum atomic E-state index is 3.96. The second kappa shape index (κ2) is 2.46. The molecule has 1 heterocycles. The SMILES string of the molecule is CNc1scnc1Br. The van der Waals surface area contributed by atoms with E-state index in [-0.39, 0.29) is 0 Å². The van der Waals surface area contributed by atoms with Crippen LogP contribution in [0.2, 0.25) is 0 Å². The van der Waals surface area contributed by atoms with Crippen LogP contribution in [0.5, 0.6) is 0 Å². The van der Waals surface area contributed by atoms with Crippen LogP contribution >= 0.6 is 27.3 Å². The lowest BCUT2D eigenvalue weighted by Crippen LogP contribution is -1.82. The lowest BCUT2D eigenvalue weighted by atomic mass is 10.8. The number of hydrogen-bond acceptors (Lipinski definition) is 3. The van der Waals surface area contributed by atoms with Crippen LogP contribution in [0.1, 0.15) is 0 Å². The number of anilines is 1. The highest BCUT2D eigenvalue weighted by Gasteiger charge is 1.96. The molecule has 0 saturated heterocycles. The number of aromatic nitrogens is 1. The summed E-state index contributed by atoms with van der Waals surface area (Å²) in [6, 6.07) is 0. The Morgan fingerprint density at radius 2 is 2.62 bits per heavy atom. The largest absolute Gasteiger partial charge is 0.378 e. The Morgan fingerprint density at radius 3 is 2.88 bits per heavy atom. The molecule has 2 nitrogen and oxygen atoms in total. The van der Waals surface area contributed by atoms with Crippen LogP contribution in [-0.2, 0) is 0 Å². The zero-order valence-electron chi connectivity index (χ0n) is 4.31. The maximum Gasteiger partial charge on any atom is 0.140 e. The van der Waals surface area contributed by atoms with E-state index >= 15 is 0 Å². The fraction of sp³-hybridized carbons (Fsp3) is 0.250. The van der Waals surface area contributed by atoms with E-state index in [2.05, 4.69) is 26.2 Å². The van der Waals surface area contributed by atoms with Crippen LogP contribution in [0.4, 0.5) is 5.00 Å². The molecule has 4 heteroatoms. The van der Waals surface area contributed by atoms with Crippen LogP contribution < -0.4 is 5.32 Å². The summed E-state index contributed by atoms with van der Waals surface area (Å²) in [6.07, 6.45) is 0. The molecule has 0 fully saturated rings. The molecule has 1 aromatic heterocycles. The summed E-state index contributed by atoms with van der Waals surface area (Å²) >= 11 is 4.84. The normalized spacial score (nSPS) is 9.25. The number of hydrogen-bond donors (Lipinski definition) is 1. The molecule has 1 rings (SSSR count). The molecule has 0 aromatic carbocycles. The third-order valence-electron chi connectivity index (χ3n) is 0.751. The molecule has 0 bridgehead atoms. The van der Waals surface area contributed by atoms with Crippen molar-refractivity contribution in [2.45, 2.75) is 0 Å². The number of halogens is 1. The summed E-state index contributed by atoms with van der Waals surface area (Å²) in [7, 11) is 1.87. The van der Waals surface area contributed by atoms with E-state index < -0.39 is 0 Å². The minimum atomic E-state index is 0.894. The molecular formula is C4H5BrN2S. The van der Waals surface area contributed by atoms with Gasteiger partial charge in [-0.05, 0) is 15.9 Å². The summed E-state index contributed by atoms with van der Waals surface area (Å²) in [5, 5.41) is 4.06. The topological polar surface area (TPSA) is 24.9 Å². The van der Waals surface area contributed by atoms with E-state index in [0.717, 1.165) is 9.60 Å². The van der Waals surface area contributed by atoms with Crippen molar-refractivity contribution in [1.82, 2.24) is 4.98 Å². The molecule has 1 aromatic rings. The lowest BCUT2D eigenvalue weighted by molar-refractivity contribution is 1.35. The Labute approximate surface area is 60.1 Å². The van der Waals surface area contributed by atoms with Gasteiger partial charge in [-0.1, -0.05) is 0 Å². The quantitative estimate of drug-likeness (QED) is 0.737. The summed E-state index contributed by atoms with van der Waals surface area (Å²) in [5.41, 5.74) is 1.79. The van der Waals surface area contributed by atoms with Gasteiger partial charge < -0.3 is 5.32 Å². The Hall–Kier alpha value is -0.0900. The molecule has 0 unspecified atom stereocenters. The highest BCUT2D eigenvalue weighted by molar-refractivity contribution is 9.10. The first-order valence-electron chi connectivity index (χ1n) is 2.11. The molecule has 0 saturated carbocycles. The molecule has 0 aliphatic rings. The number of nitrogens with one attached hydrogen (secondary N) is 1. The summed E-state index contributed by atoms with van der Waals surface area (Å²) in [6.45, 7) is 0. The predicted octanol–water partition coefficient (Wildman–Crippen LogP) is 1.95. The van der Waals surface area contributed by atoms with Gasteiger partial charge in [-0.2, -0.15) is 0 Å². The van der Waals surface area contributed by atoms with Crippen molar-refractivity contribution in [2.75, 3.05) is 12.4 Å². The van der Waals surface area contributed by atoms with Crippen molar-refractivity contribution in [1.29, 1.82) is 0 Å². The third kappa shape index (κ3) is 1.00. The summed E-state index contributed by atoms with van der Waals surface area (Å²) < 4.78 is 0.894. The average molecular weight is 193 g/mol. The molecule has 0 aliphatic carbocycles. The standard InChI is InChI=1S/C4H5BrN2S/c1-6-4-3(5)7-2-8-4/h2,6H,1H3. The molecule has 0 amide bonds. The Morgan fingerprint density at radius 1 is 1.88 bits per heavy atom.